The fourth-order valence-electron chi connectivity index (χ4n) is 3.87. The molecule has 4 heteroatoms. The van der Waals surface area contributed by atoms with Gasteiger partial charge in [0.1, 0.15) is 11.2 Å². The molecule has 0 aliphatic carbocycles. The van der Waals surface area contributed by atoms with Gasteiger partial charge in [-0.25, -0.2) is 0 Å². The van der Waals surface area contributed by atoms with E-state index in [1.54, 1.807) is 20.3 Å². The smallest absolute Gasteiger partial charge is 0.200 e. The van der Waals surface area contributed by atoms with Crippen LogP contribution in [0.25, 0.3) is 43.8 Å². The predicted molar refractivity (Wildman–Crippen MR) is 116 cm³/mol. The van der Waals surface area contributed by atoms with Crippen LogP contribution in [0, 0.1) is 0 Å². The van der Waals surface area contributed by atoms with E-state index in [9.17, 15) is 4.79 Å². The lowest BCUT2D eigenvalue weighted by atomic mass is 9.95. The molecule has 0 unspecified atom stereocenters. The molecule has 0 bridgehead atoms. The second kappa shape index (κ2) is 6.67. The first-order chi connectivity index (χ1) is 14.2. The van der Waals surface area contributed by atoms with Crippen LogP contribution in [0.1, 0.15) is 0 Å². The van der Waals surface area contributed by atoms with Crippen molar-refractivity contribution in [1.82, 2.24) is 0 Å². The Bertz CT molecular complexity index is 1450. The van der Waals surface area contributed by atoms with Gasteiger partial charge < -0.3 is 13.9 Å². The summed E-state index contributed by atoms with van der Waals surface area (Å²) in [7, 11) is 3.22. The number of para-hydroxylation sites is 1. The molecule has 0 radical (unpaired) electrons. The van der Waals surface area contributed by atoms with Crippen LogP contribution in [0.5, 0.6) is 11.5 Å². The molecule has 142 valence electrons. The Labute approximate surface area is 166 Å². The standard InChI is InChI=1S/C25H18O4/c1-27-22-12-11-15(13-23(22)28-2)19-14-20-24(26)18-9-5-6-10-21(18)29-25(20)17-8-4-3-7-16(17)19/h3-14H,1-2H3. The zero-order chi connectivity index (χ0) is 20.0. The number of fused-ring (bicyclic) bond motifs is 4. The summed E-state index contributed by atoms with van der Waals surface area (Å²) in [6, 6.07) is 23.0. The third kappa shape index (κ3) is 2.64. The third-order valence-corrected chi connectivity index (χ3v) is 5.28. The molecule has 1 aromatic heterocycles. The molecule has 0 fully saturated rings. The van der Waals surface area contributed by atoms with Gasteiger partial charge in [-0.05, 0) is 46.8 Å². The van der Waals surface area contributed by atoms with Gasteiger partial charge in [-0.3, -0.25) is 4.79 Å². The number of ether oxygens (including phenoxy) is 2. The highest BCUT2D eigenvalue weighted by Gasteiger charge is 2.15. The highest BCUT2D eigenvalue weighted by molar-refractivity contribution is 6.12. The van der Waals surface area contributed by atoms with Crippen LogP contribution in [-0.4, -0.2) is 14.2 Å². The lowest BCUT2D eigenvalue weighted by Crippen LogP contribution is -2.03. The number of methoxy groups -OCH3 is 2. The molecule has 4 aromatic carbocycles. The van der Waals surface area contributed by atoms with Gasteiger partial charge in [-0.2, -0.15) is 0 Å². The van der Waals surface area contributed by atoms with Gasteiger partial charge in [0.15, 0.2) is 11.5 Å². The molecule has 0 N–H and O–H groups in total. The SMILES string of the molecule is COc1ccc(-c2cc3c(=O)c4ccccc4oc3c3ccccc23)cc1OC. The summed E-state index contributed by atoms with van der Waals surface area (Å²) in [5.41, 5.74) is 3.04. The van der Waals surface area contributed by atoms with Crippen molar-refractivity contribution in [3.8, 4) is 22.6 Å². The number of hydrogen-bond donors (Lipinski definition) is 0. The van der Waals surface area contributed by atoms with E-state index in [0.29, 0.717) is 33.4 Å². The molecule has 0 aliphatic heterocycles. The fraction of sp³-hybridized carbons (Fsp3) is 0.0800. The van der Waals surface area contributed by atoms with E-state index < -0.39 is 0 Å². The van der Waals surface area contributed by atoms with E-state index in [0.717, 1.165) is 21.9 Å². The minimum atomic E-state index is -0.0330. The van der Waals surface area contributed by atoms with E-state index in [4.69, 9.17) is 13.9 Å². The van der Waals surface area contributed by atoms with Gasteiger partial charge in [0, 0.05) is 5.39 Å². The summed E-state index contributed by atoms with van der Waals surface area (Å²) in [6.45, 7) is 0. The number of benzene rings is 4. The Morgan fingerprint density at radius 1 is 0.690 bits per heavy atom. The quantitative estimate of drug-likeness (QED) is 0.293. The van der Waals surface area contributed by atoms with Gasteiger partial charge in [0.05, 0.1) is 25.0 Å². The maximum Gasteiger partial charge on any atom is 0.200 e. The lowest BCUT2D eigenvalue weighted by molar-refractivity contribution is 0.355. The Balaban J connectivity index is 1.92. The second-order valence-corrected chi connectivity index (χ2v) is 6.84. The van der Waals surface area contributed by atoms with Gasteiger partial charge in [-0.15, -0.1) is 0 Å². The molecule has 5 aromatic rings. The molecule has 0 saturated carbocycles. The summed E-state index contributed by atoms with van der Waals surface area (Å²) < 4.78 is 17.0. The van der Waals surface area contributed by atoms with Gasteiger partial charge in [0.25, 0.3) is 0 Å². The predicted octanol–water partition coefficient (Wildman–Crippen LogP) is 5.78. The molecule has 0 atom stereocenters. The zero-order valence-corrected chi connectivity index (χ0v) is 16.1. The van der Waals surface area contributed by atoms with Crippen molar-refractivity contribution < 1.29 is 13.9 Å². The molecule has 0 amide bonds. The van der Waals surface area contributed by atoms with Gasteiger partial charge in [-0.1, -0.05) is 42.5 Å². The molecule has 0 saturated heterocycles. The summed E-state index contributed by atoms with van der Waals surface area (Å²) >= 11 is 0. The maximum absolute atomic E-state index is 13.2. The van der Waals surface area contributed by atoms with E-state index in [1.165, 1.54) is 0 Å². The van der Waals surface area contributed by atoms with E-state index in [-0.39, 0.29) is 5.43 Å². The van der Waals surface area contributed by atoms with Crippen LogP contribution < -0.4 is 14.9 Å². The maximum atomic E-state index is 13.2. The van der Waals surface area contributed by atoms with Crippen molar-refractivity contribution >= 4 is 32.7 Å². The average Bonchev–Trinajstić information content (AvgIpc) is 2.78. The van der Waals surface area contributed by atoms with Crippen molar-refractivity contribution in [3.05, 3.63) is 83.0 Å². The highest BCUT2D eigenvalue weighted by atomic mass is 16.5. The third-order valence-electron chi connectivity index (χ3n) is 5.28. The molecule has 0 aliphatic rings. The fourth-order valence-corrected chi connectivity index (χ4v) is 3.87. The number of rotatable bonds is 3. The van der Waals surface area contributed by atoms with Crippen molar-refractivity contribution in [2.45, 2.75) is 0 Å². The van der Waals surface area contributed by atoms with Crippen LogP contribution in [-0.2, 0) is 0 Å². The van der Waals surface area contributed by atoms with Crippen LogP contribution in [0.3, 0.4) is 0 Å². The molecule has 1 heterocycles. The second-order valence-electron chi connectivity index (χ2n) is 6.84. The first kappa shape index (κ1) is 17.3. The Kier molecular flexibility index (Phi) is 3.98. The van der Waals surface area contributed by atoms with Crippen LogP contribution in [0.4, 0.5) is 0 Å². The molecular formula is C25H18O4. The molecule has 0 spiro atoms. The normalized spacial score (nSPS) is 11.2. The Hall–Kier alpha value is -3.79. The zero-order valence-electron chi connectivity index (χ0n) is 16.1. The first-order valence-corrected chi connectivity index (χ1v) is 9.31. The van der Waals surface area contributed by atoms with E-state index in [2.05, 4.69) is 0 Å². The molecule has 5 rings (SSSR count). The lowest BCUT2D eigenvalue weighted by Gasteiger charge is -2.13. The molecule has 29 heavy (non-hydrogen) atoms. The van der Waals surface area contributed by atoms with Crippen molar-refractivity contribution in [1.29, 1.82) is 0 Å². The summed E-state index contributed by atoms with van der Waals surface area (Å²) in [4.78, 5) is 13.2. The van der Waals surface area contributed by atoms with Gasteiger partial charge in [0.2, 0.25) is 5.43 Å². The van der Waals surface area contributed by atoms with Crippen LogP contribution in [0.15, 0.2) is 82.0 Å². The Morgan fingerprint density at radius 3 is 2.14 bits per heavy atom. The molecular weight excluding hydrogens is 364 g/mol. The average molecular weight is 382 g/mol. The van der Waals surface area contributed by atoms with E-state index in [1.807, 2.05) is 66.7 Å². The largest absolute Gasteiger partial charge is 0.493 e. The summed E-state index contributed by atoms with van der Waals surface area (Å²) in [6.07, 6.45) is 0. The first-order valence-electron chi connectivity index (χ1n) is 9.31. The monoisotopic (exact) mass is 382 g/mol. The van der Waals surface area contributed by atoms with E-state index >= 15 is 0 Å². The number of hydrogen-bond acceptors (Lipinski definition) is 4. The van der Waals surface area contributed by atoms with Crippen LogP contribution >= 0.6 is 0 Å². The van der Waals surface area contributed by atoms with Gasteiger partial charge >= 0.3 is 0 Å². The van der Waals surface area contributed by atoms with Crippen molar-refractivity contribution in [3.63, 3.8) is 0 Å². The summed E-state index contributed by atoms with van der Waals surface area (Å²) in [5, 5.41) is 3.05. The van der Waals surface area contributed by atoms with Crippen molar-refractivity contribution in [2.24, 2.45) is 0 Å². The minimum Gasteiger partial charge on any atom is -0.493 e. The minimum absolute atomic E-state index is 0.0330. The molecule has 4 nitrogen and oxygen atoms in total. The van der Waals surface area contributed by atoms with Crippen LogP contribution in [0.2, 0.25) is 0 Å². The topological polar surface area (TPSA) is 48.7 Å². The summed E-state index contributed by atoms with van der Waals surface area (Å²) in [5.74, 6) is 1.30. The Morgan fingerprint density at radius 2 is 1.38 bits per heavy atom. The highest BCUT2D eigenvalue weighted by Crippen LogP contribution is 2.38. The van der Waals surface area contributed by atoms with Crippen molar-refractivity contribution in [2.75, 3.05) is 14.2 Å².